The van der Waals surface area contributed by atoms with E-state index in [-0.39, 0.29) is 0 Å². The number of H-pyrrole nitrogens is 1. The van der Waals surface area contributed by atoms with Crippen molar-refractivity contribution in [2.45, 2.75) is 6.92 Å². The molecule has 1 N–H and O–H groups in total. The third-order valence-electron chi connectivity index (χ3n) is 4.28. The topological polar surface area (TPSA) is 61.7 Å². The van der Waals surface area contributed by atoms with Gasteiger partial charge < -0.3 is 9.72 Å². The maximum Gasteiger partial charge on any atom is 0.149 e. The standard InChI is InChI=1S/C22H17N3O/c1-2-26-21-12-11-15-7-3-4-8-17(15)18(21)13-16(14-23)22-24-19-9-5-6-10-20(19)25-22/h3-13H,2H2,1H3,(H,24,25)/b16-13+. The highest BCUT2D eigenvalue weighted by molar-refractivity contribution is 6.00. The van der Waals surface area contributed by atoms with Gasteiger partial charge in [0.2, 0.25) is 0 Å². The number of hydrogen-bond acceptors (Lipinski definition) is 3. The van der Waals surface area contributed by atoms with Gasteiger partial charge in [0.1, 0.15) is 17.6 Å². The van der Waals surface area contributed by atoms with E-state index < -0.39 is 0 Å². The van der Waals surface area contributed by atoms with Crippen molar-refractivity contribution in [2.24, 2.45) is 0 Å². The fraction of sp³-hybridized carbons (Fsp3) is 0.0909. The Morgan fingerprint density at radius 2 is 1.92 bits per heavy atom. The Labute approximate surface area is 151 Å². The molecule has 1 aromatic heterocycles. The van der Waals surface area contributed by atoms with Crippen molar-refractivity contribution in [3.05, 3.63) is 72.1 Å². The molecular weight excluding hydrogens is 322 g/mol. The predicted octanol–water partition coefficient (Wildman–Crippen LogP) is 5.18. The highest BCUT2D eigenvalue weighted by Gasteiger charge is 2.12. The molecule has 0 aliphatic rings. The maximum absolute atomic E-state index is 9.74. The van der Waals surface area contributed by atoms with Crippen LogP contribution in [0.3, 0.4) is 0 Å². The molecule has 0 spiro atoms. The largest absolute Gasteiger partial charge is 0.493 e. The van der Waals surface area contributed by atoms with Crippen molar-refractivity contribution in [3.8, 4) is 11.8 Å². The fourth-order valence-corrected chi connectivity index (χ4v) is 3.08. The second-order valence-electron chi connectivity index (χ2n) is 5.90. The Balaban J connectivity index is 1.92. The van der Waals surface area contributed by atoms with Gasteiger partial charge in [-0.2, -0.15) is 5.26 Å². The third kappa shape index (κ3) is 2.80. The lowest BCUT2D eigenvalue weighted by Gasteiger charge is -2.11. The first-order valence-electron chi connectivity index (χ1n) is 8.51. The van der Waals surface area contributed by atoms with Gasteiger partial charge >= 0.3 is 0 Å². The van der Waals surface area contributed by atoms with E-state index in [0.29, 0.717) is 18.0 Å². The molecule has 26 heavy (non-hydrogen) atoms. The number of benzene rings is 3. The molecule has 126 valence electrons. The van der Waals surface area contributed by atoms with Crippen molar-refractivity contribution >= 4 is 33.5 Å². The fourth-order valence-electron chi connectivity index (χ4n) is 3.08. The van der Waals surface area contributed by atoms with Crippen molar-refractivity contribution < 1.29 is 4.74 Å². The van der Waals surface area contributed by atoms with Crippen LogP contribution in [0, 0.1) is 11.3 Å². The van der Waals surface area contributed by atoms with Crippen LogP contribution in [-0.4, -0.2) is 16.6 Å². The molecule has 3 aromatic carbocycles. The molecular formula is C22H17N3O. The molecule has 0 unspecified atom stereocenters. The number of aromatic nitrogens is 2. The van der Waals surface area contributed by atoms with Crippen LogP contribution in [0.25, 0.3) is 33.5 Å². The molecule has 0 aliphatic heterocycles. The average molecular weight is 339 g/mol. The molecule has 0 amide bonds. The SMILES string of the molecule is CCOc1ccc2ccccc2c1/C=C(\C#N)c1nc2ccccc2[nH]1. The molecule has 0 aliphatic carbocycles. The zero-order valence-corrected chi connectivity index (χ0v) is 14.4. The van der Waals surface area contributed by atoms with Crippen LogP contribution >= 0.6 is 0 Å². The molecule has 4 aromatic rings. The van der Waals surface area contributed by atoms with Gasteiger partial charge in [-0.1, -0.05) is 42.5 Å². The van der Waals surface area contributed by atoms with Crippen LogP contribution in [0.15, 0.2) is 60.7 Å². The van der Waals surface area contributed by atoms with Gasteiger partial charge in [-0.25, -0.2) is 4.98 Å². The highest BCUT2D eigenvalue weighted by atomic mass is 16.5. The molecule has 0 bridgehead atoms. The predicted molar refractivity (Wildman–Crippen MR) is 105 cm³/mol. The highest BCUT2D eigenvalue weighted by Crippen LogP contribution is 2.32. The molecule has 4 nitrogen and oxygen atoms in total. The van der Waals surface area contributed by atoms with E-state index in [1.54, 1.807) is 0 Å². The van der Waals surface area contributed by atoms with E-state index in [1.807, 2.05) is 67.6 Å². The lowest BCUT2D eigenvalue weighted by atomic mass is 10.0. The van der Waals surface area contributed by atoms with E-state index >= 15 is 0 Å². The normalized spacial score (nSPS) is 11.6. The van der Waals surface area contributed by atoms with Crippen LogP contribution in [0.1, 0.15) is 18.3 Å². The molecule has 4 heteroatoms. The number of nitrogens with one attached hydrogen (secondary N) is 1. The van der Waals surface area contributed by atoms with Gasteiger partial charge in [0.15, 0.2) is 0 Å². The summed E-state index contributed by atoms with van der Waals surface area (Å²) in [6.07, 6.45) is 1.85. The Kier molecular flexibility index (Phi) is 4.12. The molecule has 0 saturated heterocycles. The first kappa shape index (κ1) is 15.9. The summed E-state index contributed by atoms with van der Waals surface area (Å²) >= 11 is 0. The summed E-state index contributed by atoms with van der Waals surface area (Å²) in [4.78, 5) is 7.77. The minimum absolute atomic E-state index is 0.471. The van der Waals surface area contributed by atoms with Gasteiger partial charge in [0.25, 0.3) is 0 Å². The average Bonchev–Trinajstić information content (AvgIpc) is 3.11. The van der Waals surface area contributed by atoms with Crippen LogP contribution in [0.2, 0.25) is 0 Å². The van der Waals surface area contributed by atoms with E-state index in [4.69, 9.17) is 4.74 Å². The maximum atomic E-state index is 9.74. The number of para-hydroxylation sites is 2. The Bertz CT molecular complexity index is 1130. The first-order chi connectivity index (χ1) is 12.8. The summed E-state index contributed by atoms with van der Waals surface area (Å²) < 4.78 is 5.80. The van der Waals surface area contributed by atoms with Gasteiger partial charge in [-0.05, 0) is 42.0 Å². The zero-order chi connectivity index (χ0) is 17.9. The van der Waals surface area contributed by atoms with E-state index in [2.05, 4.69) is 22.1 Å². The number of allylic oxidation sites excluding steroid dienone is 1. The van der Waals surface area contributed by atoms with E-state index in [0.717, 1.165) is 33.1 Å². The quantitative estimate of drug-likeness (QED) is 0.521. The van der Waals surface area contributed by atoms with Gasteiger partial charge in [0, 0.05) is 5.56 Å². The van der Waals surface area contributed by atoms with Crippen LogP contribution in [-0.2, 0) is 0 Å². The minimum Gasteiger partial charge on any atom is -0.493 e. The monoisotopic (exact) mass is 339 g/mol. The number of fused-ring (bicyclic) bond motifs is 2. The zero-order valence-electron chi connectivity index (χ0n) is 14.4. The number of rotatable bonds is 4. The van der Waals surface area contributed by atoms with Crippen molar-refractivity contribution in [1.82, 2.24) is 9.97 Å². The van der Waals surface area contributed by atoms with Crippen molar-refractivity contribution in [2.75, 3.05) is 6.61 Å². The van der Waals surface area contributed by atoms with Crippen molar-refractivity contribution in [3.63, 3.8) is 0 Å². The summed E-state index contributed by atoms with van der Waals surface area (Å²) in [5, 5.41) is 11.9. The number of imidazole rings is 1. The van der Waals surface area contributed by atoms with Crippen LogP contribution < -0.4 is 4.74 Å². The van der Waals surface area contributed by atoms with Crippen molar-refractivity contribution in [1.29, 1.82) is 5.26 Å². The second kappa shape index (κ2) is 6.73. The van der Waals surface area contributed by atoms with Crippen LogP contribution in [0.5, 0.6) is 5.75 Å². The third-order valence-corrected chi connectivity index (χ3v) is 4.28. The minimum atomic E-state index is 0.471. The first-order valence-corrected chi connectivity index (χ1v) is 8.51. The Morgan fingerprint density at radius 1 is 1.12 bits per heavy atom. The Morgan fingerprint density at radius 3 is 2.73 bits per heavy atom. The number of nitrogens with zero attached hydrogens (tertiary/aromatic N) is 2. The summed E-state index contributed by atoms with van der Waals surface area (Å²) in [6, 6.07) is 22.1. The number of hydrogen-bond donors (Lipinski definition) is 1. The second-order valence-corrected chi connectivity index (χ2v) is 5.90. The summed E-state index contributed by atoms with van der Waals surface area (Å²) in [7, 11) is 0. The molecule has 0 radical (unpaired) electrons. The van der Waals surface area contributed by atoms with Crippen LogP contribution in [0.4, 0.5) is 0 Å². The number of ether oxygens (including phenoxy) is 1. The smallest absolute Gasteiger partial charge is 0.149 e. The molecule has 1 heterocycles. The van der Waals surface area contributed by atoms with E-state index in [9.17, 15) is 5.26 Å². The van der Waals surface area contributed by atoms with Gasteiger partial charge in [0.05, 0.1) is 23.2 Å². The number of nitriles is 1. The summed E-state index contributed by atoms with van der Waals surface area (Å²) in [5.41, 5.74) is 3.11. The molecule has 4 rings (SSSR count). The van der Waals surface area contributed by atoms with Gasteiger partial charge in [-0.15, -0.1) is 0 Å². The number of aromatic amines is 1. The molecule has 0 fully saturated rings. The summed E-state index contributed by atoms with van der Waals surface area (Å²) in [6.45, 7) is 2.51. The summed E-state index contributed by atoms with van der Waals surface area (Å²) in [5.74, 6) is 1.32. The van der Waals surface area contributed by atoms with E-state index in [1.165, 1.54) is 0 Å². The van der Waals surface area contributed by atoms with Gasteiger partial charge in [-0.3, -0.25) is 0 Å². The lowest BCUT2D eigenvalue weighted by molar-refractivity contribution is 0.340. The Hall–Kier alpha value is -3.58. The molecule has 0 saturated carbocycles. The lowest BCUT2D eigenvalue weighted by Crippen LogP contribution is -1.95. The molecule has 0 atom stereocenters.